The van der Waals surface area contributed by atoms with E-state index < -0.39 is 0 Å². The molecule has 23 heavy (non-hydrogen) atoms. The van der Waals surface area contributed by atoms with E-state index in [1.165, 1.54) is 5.56 Å². The van der Waals surface area contributed by atoms with Gasteiger partial charge in [-0.25, -0.2) is 4.79 Å². The van der Waals surface area contributed by atoms with Crippen molar-refractivity contribution < 1.29 is 14.3 Å². The van der Waals surface area contributed by atoms with Gasteiger partial charge in [0.05, 0.1) is 13.7 Å². The number of hydrogen-bond donors (Lipinski definition) is 1. The number of benzene rings is 1. The number of methoxy groups -OCH3 is 1. The van der Waals surface area contributed by atoms with Crippen LogP contribution in [0, 0.1) is 0 Å². The summed E-state index contributed by atoms with van der Waals surface area (Å²) in [4.78, 5) is 14.1. The molecule has 1 N–H and O–H groups in total. The largest absolute Gasteiger partial charge is 0.497 e. The molecule has 6 heteroatoms. The van der Waals surface area contributed by atoms with Crippen LogP contribution in [0.3, 0.4) is 0 Å². The maximum atomic E-state index is 12.2. The summed E-state index contributed by atoms with van der Waals surface area (Å²) < 4.78 is 11.0. The third-order valence-electron chi connectivity index (χ3n) is 4.47. The lowest BCUT2D eigenvalue weighted by molar-refractivity contribution is 0.00948. The summed E-state index contributed by atoms with van der Waals surface area (Å²) in [5, 5.41) is 3.02. The van der Waals surface area contributed by atoms with E-state index >= 15 is 0 Å². The summed E-state index contributed by atoms with van der Waals surface area (Å²) in [7, 11) is 1.66. The molecule has 5 nitrogen and oxygen atoms in total. The summed E-state index contributed by atoms with van der Waals surface area (Å²) in [5.41, 5.74) is 1.19. The van der Waals surface area contributed by atoms with Gasteiger partial charge in [-0.15, -0.1) is 11.8 Å². The third kappa shape index (κ3) is 4.12. The minimum Gasteiger partial charge on any atom is -0.497 e. The number of carbonyl (C=O) groups excluding carboxylic acids is 1. The molecule has 0 bridgehead atoms. The highest BCUT2D eigenvalue weighted by Gasteiger charge is 2.40. The summed E-state index contributed by atoms with van der Waals surface area (Å²) >= 11 is 1.91. The number of urea groups is 1. The van der Waals surface area contributed by atoms with E-state index in [1.54, 1.807) is 7.11 Å². The lowest BCUT2D eigenvalue weighted by Gasteiger charge is -2.37. The topological polar surface area (TPSA) is 50.8 Å². The average molecular weight is 336 g/mol. The molecule has 2 amide bonds. The molecule has 0 aliphatic carbocycles. The number of likely N-dealkylation sites (tertiary alicyclic amines) is 1. The van der Waals surface area contributed by atoms with Gasteiger partial charge >= 0.3 is 6.03 Å². The molecule has 2 heterocycles. The Bertz CT molecular complexity index is 519. The van der Waals surface area contributed by atoms with Crippen LogP contribution in [0.5, 0.6) is 5.75 Å². The fraction of sp³-hybridized carbons (Fsp3) is 0.588. The molecular formula is C17H24N2O3S. The van der Waals surface area contributed by atoms with E-state index in [2.05, 4.69) is 5.32 Å². The molecule has 2 fully saturated rings. The predicted molar refractivity (Wildman–Crippen MR) is 92.0 cm³/mol. The molecule has 0 unspecified atom stereocenters. The summed E-state index contributed by atoms with van der Waals surface area (Å²) in [6.07, 6.45) is 2.69. The first-order valence-electron chi connectivity index (χ1n) is 8.14. The van der Waals surface area contributed by atoms with Gasteiger partial charge in [-0.3, -0.25) is 0 Å². The number of nitrogens with zero attached hydrogens (tertiary/aromatic N) is 1. The van der Waals surface area contributed by atoms with Crippen molar-refractivity contribution in [2.45, 2.75) is 24.2 Å². The second-order valence-electron chi connectivity index (χ2n) is 5.92. The number of amides is 2. The lowest BCUT2D eigenvalue weighted by atomic mass is 10.1. The van der Waals surface area contributed by atoms with Crippen molar-refractivity contribution in [2.75, 3.05) is 39.1 Å². The number of ether oxygens (including phenoxy) is 2. The Hall–Kier alpha value is -1.40. The number of nitrogens with one attached hydrogen (secondary N) is 1. The van der Waals surface area contributed by atoms with Crippen LogP contribution >= 0.6 is 11.8 Å². The smallest absolute Gasteiger partial charge is 0.317 e. The van der Waals surface area contributed by atoms with E-state index in [9.17, 15) is 4.79 Å². The summed E-state index contributed by atoms with van der Waals surface area (Å²) in [6.45, 7) is 3.06. The van der Waals surface area contributed by atoms with Gasteiger partial charge in [0.1, 0.15) is 10.7 Å². The molecule has 2 aliphatic rings. The molecular weight excluding hydrogens is 312 g/mol. The van der Waals surface area contributed by atoms with Crippen molar-refractivity contribution in [3.05, 3.63) is 29.8 Å². The maximum Gasteiger partial charge on any atom is 0.317 e. The minimum atomic E-state index is -0.0140. The highest BCUT2D eigenvalue weighted by molar-refractivity contribution is 8.00. The van der Waals surface area contributed by atoms with E-state index in [1.807, 2.05) is 40.9 Å². The highest BCUT2D eigenvalue weighted by atomic mass is 32.2. The van der Waals surface area contributed by atoms with Crippen molar-refractivity contribution in [3.63, 3.8) is 0 Å². The van der Waals surface area contributed by atoms with Crippen molar-refractivity contribution >= 4 is 17.8 Å². The Morgan fingerprint density at radius 3 is 2.70 bits per heavy atom. The first-order valence-corrected chi connectivity index (χ1v) is 9.13. The van der Waals surface area contributed by atoms with Crippen LogP contribution in [-0.4, -0.2) is 55.0 Å². The van der Waals surface area contributed by atoms with Gasteiger partial charge < -0.3 is 19.7 Å². The zero-order valence-corrected chi connectivity index (χ0v) is 14.4. The van der Waals surface area contributed by atoms with E-state index in [0.717, 1.165) is 50.5 Å². The van der Waals surface area contributed by atoms with Crippen LogP contribution in [0.25, 0.3) is 0 Å². The Morgan fingerprint density at radius 2 is 2.09 bits per heavy atom. The molecule has 0 saturated carbocycles. The second kappa shape index (κ2) is 7.45. The van der Waals surface area contributed by atoms with Gasteiger partial charge in [-0.05, 0) is 24.1 Å². The minimum absolute atomic E-state index is 0.0140. The number of carbonyl (C=O) groups is 1. The molecule has 1 aromatic carbocycles. The number of thioether (sulfide) groups is 1. The number of hydrogen-bond acceptors (Lipinski definition) is 4. The van der Waals surface area contributed by atoms with Gasteiger partial charge in [0.2, 0.25) is 0 Å². The first kappa shape index (κ1) is 16.5. The van der Waals surface area contributed by atoms with Crippen LogP contribution in [0.15, 0.2) is 24.3 Å². The fourth-order valence-corrected chi connectivity index (χ4v) is 4.23. The monoisotopic (exact) mass is 336 g/mol. The van der Waals surface area contributed by atoms with E-state index in [4.69, 9.17) is 9.47 Å². The predicted octanol–water partition coefficient (Wildman–Crippen LogP) is 2.50. The van der Waals surface area contributed by atoms with Crippen LogP contribution in [0.2, 0.25) is 0 Å². The Labute approximate surface area is 141 Å². The molecule has 1 spiro atoms. The molecule has 0 radical (unpaired) electrons. The SMILES string of the molecule is COc1ccc(CCNC(=O)N2CCC3(CC2)OCCS3)cc1. The second-order valence-corrected chi connectivity index (χ2v) is 7.37. The van der Waals surface area contributed by atoms with E-state index in [0.29, 0.717) is 6.54 Å². The van der Waals surface area contributed by atoms with Crippen LogP contribution in [-0.2, 0) is 11.2 Å². The molecule has 126 valence electrons. The van der Waals surface area contributed by atoms with Crippen LogP contribution in [0.4, 0.5) is 4.79 Å². The molecule has 2 saturated heterocycles. The van der Waals surface area contributed by atoms with Crippen LogP contribution < -0.4 is 10.1 Å². The summed E-state index contributed by atoms with van der Waals surface area (Å²) in [6, 6.07) is 7.99. The van der Waals surface area contributed by atoms with Gasteiger partial charge in [-0.1, -0.05) is 12.1 Å². The Balaban J connectivity index is 1.39. The Kier molecular flexibility index (Phi) is 5.33. The van der Waals surface area contributed by atoms with Crippen molar-refractivity contribution in [2.24, 2.45) is 0 Å². The van der Waals surface area contributed by atoms with Crippen molar-refractivity contribution in [1.82, 2.24) is 10.2 Å². The molecule has 0 atom stereocenters. The normalized spacial score (nSPS) is 19.8. The quantitative estimate of drug-likeness (QED) is 0.918. The maximum absolute atomic E-state index is 12.2. The molecule has 0 aromatic heterocycles. The lowest BCUT2D eigenvalue weighted by Crippen LogP contribution is -2.49. The van der Waals surface area contributed by atoms with E-state index in [-0.39, 0.29) is 11.0 Å². The Morgan fingerprint density at radius 1 is 1.35 bits per heavy atom. The highest BCUT2D eigenvalue weighted by Crippen LogP contribution is 2.41. The zero-order chi connectivity index (χ0) is 16.1. The third-order valence-corrected chi connectivity index (χ3v) is 5.90. The van der Waals surface area contributed by atoms with Gasteiger partial charge in [0.25, 0.3) is 0 Å². The molecule has 1 aromatic rings. The first-order chi connectivity index (χ1) is 11.2. The van der Waals surface area contributed by atoms with Gasteiger partial charge in [-0.2, -0.15) is 0 Å². The zero-order valence-electron chi connectivity index (χ0n) is 13.5. The van der Waals surface area contributed by atoms with Crippen molar-refractivity contribution in [1.29, 1.82) is 0 Å². The number of piperidine rings is 1. The van der Waals surface area contributed by atoms with Crippen LogP contribution in [0.1, 0.15) is 18.4 Å². The van der Waals surface area contributed by atoms with Crippen molar-refractivity contribution in [3.8, 4) is 5.75 Å². The molecule has 3 rings (SSSR count). The van der Waals surface area contributed by atoms with Gasteiger partial charge in [0.15, 0.2) is 0 Å². The average Bonchev–Trinajstić information content (AvgIpc) is 3.04. The van der Waals surface area contributed by atoms with Gasteiger partial charge in [0, 0.05) is 38.2 Å². The summed E-state index contributed by atoms with van der Waals surface area (Å²) in [5.74, 6) is 1.93. The number of rotatable bonds is 4. The fourth-order valence-electron chi connectivity index (χ4n) is 3.05. The standard InChI is InChI=1S/C17H24N2O3S/c1-21-15-4-2-14(3-5-15)6-9-18-16(20)19-10-7-17(8-11-19)22-12-13-23-17/h2-5H,6-13H2,1H3,(H,18,20). The molecule has 2 aliphatic heterocycles.